The Morgan fingerprint density at radius 2 is 2.28 bits per heavy atom. The number of hydrogen-bond donors (Lipinski definition) is 1. The Morgan fingerprint density at radius 1 is 1.44 bits per heavy atom. The number of anilines is 1. The largest absolute Gasteiger partial charge is 0.383 e. The average molecular weight is 247 g/mol. The van der Waals surface area contributed by atoms with Crippen LogP contribution < -0.4 is 5.32 Å². The van der Waals surface area contributed by atoms with E-state index in [1.165, 1.54) is 0 Å². The summed E-state index contributed by atoms with van der Waals surface area (Å²) in [5, 5.41) is 14.8. The van der Waals surface area contributed by atoms with Crippen LogP contribution in [0.15, 0.2) is 24.3 Å². The normalized spacial score (nSPS) is 12.4. The molecule has 2 aromatic rings. The molecule has 0 fully saturated rings. The number of aromatic nitrogens is 4. The molecule has 6 nitrogen and oxygen atoms in total. The fourth-order valence-electron chi connectivity index (χ4n) is 1.77. The molecule has 1 unspecified atom stereocenters. The molecule has 1 aromatic carbocycles. The zero-order valence-corrected chi connectivity index (χ0v) is 10.8. The molecule has 1 aromatic heterocycles. The lowest BCUT2D eigenvalue weighted by Gasteiger charge is -2.14. The highest BCUT2D eigenvalue weighted by molar-refractivity contribution is 5.51. The first kappa shape index (κ1) is 12.5. The van der Waals surface area contributed by atoms with Gasteiger partial charge in [0.05, 0.1) is 12.3 Å². The van der Waals surface area contributed by atoms with Crippen LogP contribution in [-0.4, -0.2) is 40.0 Å². The molecule has 0 radical (unpaired) electrons. The predicted molar refractivity (Wildman–Crippen MR) is 68.9 cm³/mol. The molecular weight excluding hydrogens is 230 g/mol. The molecule has 0 aliphatic rings. The minimum Gasteiger partial charge on any atom is -0.383 e. The first-order valence-electron chi connectivity index (χ1n) is 5.81. The van der Waals surface area contributed by atoms with Crippen LogP contribution in [0.5, 0.6) is 0 Å². The number of aryl methyl sites for hydroxylation is 1. The molecule has 0 aliphatic carbocycles. The van der Waals surface area contributed by atoms with Gasteiger partial charge in [-0.1, -0.05) is 6.07 Å². The van der Waals surface area contributed by atoms with E-state index in [-0.39, 0.29) is 6.04 Å². The van der Waals surface area contributed by atoms with Gasteiger partial charge in [0.2, 0.25) is 0 Å². The minimum absolute atomic E-state index is 0.250. The number of hydrogen-bond acceptors (Lipinski definition) is 5. The molecule has 96 valence electrons. The van der Waals surface area contributed by atoms with Crippen molar-refractivity contribution < 1.29 is 4.74 Å². The van der Waals surface area contributed by atoms with E-state index in [0.717, 1.165) is 17.2 Å². The van der Waals surface area contributed by atoms with Gasteiger partial charge in [-0.05, 0) is 42.5 Å². The quantitative estimate of drug-likeness (QED) is 0.865. The molecule has 1 heterocycles. The third kappa shape index (κ3) is 2.84. The Morgan fingerprint density at radius 3 is 2.94 bits per heavy atom. The molecule has 0 saturated carbocycles. The van der Waals surface area contributed by atoms with E-state index < -0.39 is 0 Å². The van der Waals surface area contributed by atoms with Gasteiger partial charge in [0.15, 0.2) is 5.82 Å². The van der Waals surface area contributed by atoms with Crippen molar-refractivity contribution in [3.8, 4) is 5.69 Å². The molecule has 1 N–H and O–H groups in total. The van der Waals surface area contributed by atoms with Crippen LogP contribution in [0.3, 0.4) is 0 Å². The van der Waals surface area contributed by atoms with Gasteiger partial charge in [-0.2, -0.15) is 4.68 Å². The van der Waals surface area contributed by atoms with Crippen molar-refractivity contribution in [1.82, 2.24) is 20.2 Å². The van der Waals surface area contributed by atoms with Crippen molar-refractivity contribution in [3.63, 3.8) is 0 Å². The van der Waals surface area contributed by atoms with Gasteiger partial charge in [0, 0.05) is 18.8 Å². The standard InChI is InChI=1S/C12H17N5O/c1-9(8-18-3)13-11-5-4-6-12(7-11)17-10(2)14-15-16-17/h4-7,9,13H,8H2,1-3H3. The molecule has 2 rings (SSSR count). The number of ether oxygens (including phenoxy) is 1. The molecule has 18 heavy (non-hydrogen) atoms. The van der Waals surface area contributed by atoms with Gasteiger partial charge in [-0.15, -0.1) is 5.10 Å². The minimum atomic E-state index is 0.250. The van der Waals surface area contributed by atoms with Crippen LogP contribution in [0.2, 0.25) is 0 Å². The van der Waals surface area contributed by atoms with E-state index in [9.17, 15) is 0 Å². The maximum Gasteiger partial charge on any atom is 0.153 e. The molecule has 0 bridgehead atoms. The van der Waals surface area contributed by atoms with Crippen molar-refractivity contribution in [2.75, 3.05) is 19.0 Å². The van der Waals surface area contributed by atoms with Gasteiger partial charge in [0.1, 0.15) is 0 Å². The van der Waals surface area contributed by atoms with Crippen LogP contribution in [0, 0.1) is 6.92 Å². The highest BCUT2D eigenvalue weighted by Crippen LogP contribution is 2.15. The van der Waals surface area contributed by atoms with E-state index in [0.29, 0.717) is 6.61 Å². The first-order chi connectivity index (χ1) is 8.70. The summed E-state index contributed by atoms with van der Waals surface area (Å²) in [5.41, 5.74) is 1.96. The third-order valence-corrected chi connectivity index (χ3v) is 2.55. The Balaban J connectivity index is 2.18. The summed E-state index contributed by atoms with van der Waals surface area (Å²) in [6.45, 7) is 4.60. The lowest BCUT2D eigenvalue weighted by atomic mass is 10.2. The van der Waals surface area contributed by atoms with Crippen LogP contribution >= 0.6 is 0 Å². The Hall–Kier alpha value is -1.95. The number of nitrogens with one attached hydrogen (secondary N) is 1. The number of benzene rings is 1. The molecule has 6 heteroatoms. The molecule has 0 amide bonds. The third-order valence-electron chi connectivity index (χ3n) is 2.55. The number of tetrazole rings is 1. The second-order valence-electron chi connectivity index (χ2n) is 4.19. The van der Waals surface area contributed by atoms with Crippen molar-refractivity contribution in [2.24, 2.45) is 0 Å². The van der Waals surface area contributed by atoms with Gasteiger partial charge in [-0.25, -0.2) is 0 Å². The molecule has 0 saturated heterocycles. The van der Waals surface area contributed by atoms with Crippen molar-refractivity contribution in [2.45, 2.75) is 19.9 Å². The average Bonchev–Trinajstić information content (AvgIpc) is 2.76. The second-order valence-corrected chi connectivity index (χ2v) is 4.19. The van der Waals surface area contributed by atoms with Crippen molar-refractivity contribution in [1.29, 1.82) is 0 Å². The summed E-state index contributed by atoms with van der Waals surface area (Å²) in [6.07, 6.45) is 0. The van der Waals surface area contributed by atoms with Gasteiger partial charge in [0.25, 0.3) is 0 Å². The van der Waals surface area contributed by atoms with Gasteiger partial charge >= 0.3 is 0 Å². The molecular formula is C12H17N5O. The second kappa shape index (κ2) is 5.59. The zero-order valence-electron chi connectivity index (χ0n) is 10.8. The fraction of sp³-hybridized carbons (Fsp3) is 0.417. The topological polar surface area (TPSA) is 64.9 Å². The summed E-state index contributed by atoms with van der Waals surface area (Å²) in [4.78, 5) is 0. The summed E-state index contributed by atoms with van der Waals surface area (Å²) >= 11 is 0. The van der Waals surface area contributed by atoms with Crippen molar-refractivity contribution in [3.05, 3.63) is 30.1 Å². The first-order valence-corrected chi connectivity index (χ1v) is 5.81. The highest BCUT2D eigenvalue weighted by atomic mass is 16.5. The van der Waals surface area contributed by atoms with E-state index in [2.05, 4.69) is 27.8 Å². The summed E-state index contributed by atoms with van der Waals surface area (Å²) in [7, 11) is 1.69. The van der Waals surface area contributed by atoms with Crippen LogP contribution in [-0.2, 0) is 4.74 Å². The summed E-state index contributed by atoms with van der Waals surface area (Å²) in [5.74, 6) is 0.761. The summed E-state index contributed by atoms with van der Waals surface area (Å²) in [6, 6.07) is 8.21. The monoisotopic (exact) mass is 247 g/mol. The van der Waals surface area contributed by atoms with E-state index in [1.807, 2.05) is 31.2 Å². The SMILES string of the molecule is COCC(C)Nc1cccc(-n2nnnc2C)c1. The lowest BCUT2D eigenvalue weighted by molar-refractivity contribution is 0.190. The summed E-state index contributed by atoms with van der Waals surface area (Å²) < 4.78 is 6.80. The maximum absolute atomic E-state index is 5.10. The van der Waals surface area contributed by atoms with Crippen LogP contribution in [0.1, 0.15) is 12.7 Å². The number of methoxy groups -OCH3 is 1. The lowest BCUT2D eigenvalue weighted by Crippen LogP contribution is -2.20. The Labute approximate surface area is 106 Å². The molecule has 1 atom stereocenters. The van der Waals surface area contributed by atoms with Crippen LogP contribution in [0.25, 0.3) is 5.69 Å². The zero-order chi connectivity index (χ0) is 13.0. The van der Waals surface area contributed by atoms with E-state index in [1.54, 1.807) is 11.8 Å². The van der Waals surface area contributed by atoms with Crippen molar-refractivity contribution >= 4 is 5.69 Å². The maximum atomic E-state index is 5.10. The highest BCUT2D eigenvalue weighted by Gasteiger charge is 2.05. The fourth-order valence-corrected chi connectivity index (χ4v) is 1.77. The van der Waals surface area contributed by atoms with Gasteiger partial charge in [-0.3, -0.25) is 0 Å². The molecule has 0 aliphatic heterocycles. The number of rotatable bonds is 5. The molecule has 0 spiro atoms. The van der Waals surface area contributed by atoms with Gasteiger partial charge < -0.3 is 10.1 Å². The Kier molecular flexibility index (Phi) is 3.88. The number of nitrogens with zero attached hydrogens (tertiary/aromatic N) is 4. The smallest absolute Gasteiger partial charge is 0.153 e. The predicted octanol–water partition coefficient (Wildman–Crippen LogP) is 1.42. The van der Waals surface area contributed by atoms with E-state index >= 15 is 0 Å². The van der Waals surface area contributed by atoms with Crippen LogP contribution in [0.4, 0.5) is 5.69 Å². The Bertz CT molecular complexity index is 511. The van der Waals surface area contributed by atoms with E-state index in [4.69, 9.17) is 4.74 Å².